The van der Waals surface area contributed by atoms with Gasteiger partial charge in [0.25, 0.3) is 0 Å². The maximum absolute atomic E-state index is 8.96. The van der Waals surface area contributed by atoms with Gasteiger partial charge in [-0.05, 0) is 18.6 Å². The highest BCUT2D eigenvalue weighted by atomic mass is 16.4. The van der Waals surface area contributed by atoms with Gasteiger partial charge in [-0.25, -0.2) is 4.98 Å². The summed E-state index contributed by atoms with van der Waals surface area (Å²) in [5.74, 6) is 1.49. The number of nitrogens with one attached hydrogen (secondary N) is 1. The van der Waals surface area contributed by atoms with Gasteiger partial charge < -0.3 is 14.5 Å². The summed E-state index contributed by atoms with van der Waals surface area (Å²) in [6, 6.07) is 8.18. The molecule has 98 valence electrons. The molecule has 0 atom stereocenters. The van der Waals surface area contributed by atoms with Crippen molar-refractivity contribution in [3.63, 3.8) is 0 Å². The average Bonchev–Trinajstić information content (AvgIpc) is 2.96. The molecule has 0 aliphatic carbocycles. The van der Waals surface area contributed by atoms with Crippen molar-refractivity contribution in [2.75, 3.05) is 6.61 Å². The highest BCUT2D eigenvalue weighted by Gasteiger charge is 2.11. The summed E-state index contributed by atoms with van der Waals surface area (Å²) in [5, 5.41) is 10.2. The average molecular weight is 256 g/mol. The van der Waals surface area contributed by atoms with Gasteiger partial charge in [0.2, 0.25) is 0 Å². The van der Waals surface area contributed by atoms with Gasteiger partial charge in [0.05, 0.1) is 12.1 Å². The largest absolute Gasteiger partial charge is 0.445 e. The Morgan fingerprint density at radius 2 is 2.16 bits per heavy atom. The van der Waals surface area contributed by atoms with E-state index in [1.54, 1.807) is 0 Å². The maximum atomic E-state index is 8.96. The molecule has 0 unspecified atom stereocenters. The third-order valence-electron chi connectivity index (χ3n) is 3.30. The fraction of sp³-hybridized carbons (Fsp3) is 0.267. The molecule has 0 aliphatic heterocycles. The maximum Gasteiger partial charge on any atom is 0.199 e. The Bertz CT molecular complexity index is 697. The van der Waals surface area contributed by atoms with Crippen molar-refractivity contribution in [2.45, 2.75) is 19.8 Å². The number of rotatable bonds is 4. The Balaban J connectivity index is 1.90. The van der Waals surface area contributed by atoms with E-state index >= 15 is 0 Å². The first-order valence-corrected chi connectivity index (χ1v) is 6.39. The Morgan fingerprint density at radius 1 is 1.32 bits per heavy atom. The van der Waals surface area contributed by atoms with E-state index in [-0.39, 0.29) is 6.61 Å². The number of para-hydroxylation sites is 1. The lowest BCUT2D eigenvalue weighted by Crippen LogP contribution is -1.93. The molecule has 0 saturated carbocycles. The number of benzene rings is 1. The standard InChI is InChI=1S/C15H16N2O2/c1-10-13(6-7-18)17-15(19-10)8-11-9-16-14-5-3-2-4-12(11)14/h2-5,9,16,18H,6-8H2,1H3. The first-order chi connectivity index (χ1) is 9.28. The summed E-state index contributed by atoms with van der Waals surface area (Å²) < 4.78 is 5.65. The lowest BCUT2D eigenvalue weighted by Gasteiger charge is -1.94. The van der Waals surface area contributed by atoms with Gasteiger partial charge in [0, 0.05) is 30.1 Å². The van der Waals surface area contributed by atoms with E-state index in [2.05, 4.69) is 22.1 Å². The van der Waals surface area contributed by atoms with Gasteiger partial charge >= 0.3 is 0 Å². The van der Waals surface area contributed by atoms with E-state index in [0.29, 0.717) is 18.7 Å². The number of oxazole rings is 1. The summed E-state index contributed by atoms with van der Waals surface area (Å²) in [7, 11) is 0. The Kier molecular flexibility index (Phi) is 3.09. The van der Waals surface area contributed by atoms with Gasteiger partial charge in [-0.3, -0.25) is 0 Å². The second kappa shape index (κ2) is 4.90. The number of H-pyrrole nitrogens is 1. The molecule has 0 bridgehead atoms. The molecule has 19 heavy (non-hydrogen) atoms. The highest BCUT2D eigenvalue weighted by molar-refractivity contribution is 5.83. The number of hydrogen-bond acceptors (Lipinski definition) is 3. The SMILES string of the molecule is Cc1oc(Cc2c[nH]c3ccccc23)nc1CCO. The molecule has 0 amide bonds. The molecule has 0 radical (unpaired) electrons. The van der Waals surface area contributed by atoms with Crippen molar-refractivity contribution in [1.82, 2.24) is 9.97 Å². The number of aliphatic hydroxyl groups is 1. The third-order valence-corrected chi connectivity index (χ3v) is 3.30. The van der Waals surface area contributed by atoms with Crippen LogP contribution in [-0.4, -0.2) is 21.7 Å². The van der Waals surface area contributed by atoms with Gasteiger partial charge in [-0.15, -0.1) is 0 Å². The number of aryl methyl sites for hydroxylation is 1. The normalized spacial score (nSPS) is 11.3. The molecule has 0 saturated heterocycles. The summed E-state index contributed by atoms with van der Waals surface area (Å²) >= 11 is 0. The van der Waals surface area contributed by atoms with Crippen LogP contribution in [0, 0.1) is 6.92 Å². The van der Waals surface area contributed by atoms with Crippen molar-refractivity contribution in [1.29, 1.82) is 0 Å². The summed E-state index contributed by atoms with van der Waals surface area (Å²) in [6.07, 6.45) is 3.20. The van der Waals surface area contributed by atoms with Crippen molar-refractivity contribution < 1.29 is 9.52 Å². The first kappa shape index (κ1) is 12.0. The molecule has 4 nitrogen and oxygen atoms in total. The Morgan fingerprint density at radius 3 is 3.00 bits per heavy atom. The number of aromatic nitrogens is 2. The molecule has 3 rings (SSSR count). The smallest absolute Gasteiger partial charge is 0.199 e. The fourth-order valence-corrected chi connectivity index (χ4v) is 2.34. The summed E-state index contributed by atoms with van der Waals surface area (Å²) in [5.41, 5.74) is 3.14. The van der Waals surface area contributed by atoms with Crippen LogP contribution < -0.4 is 0 Å². The van der Waals surface area contributed by atoms with Gasteiger partial charge in [0.1, 0.15) is 5.76 Å². The Hall–Kier alpha value is -2.07. The fourth-order valence-electron chi connectivity index (χ4n) is 2.34. The minimum Gasteiger partial charge on any atom is -0.445 e. The molecule has 2 heterocycles. The van der Waals surface area contributed by atoms with Gasteiger partial charge in [-0.1, -0.05) is 18.2 Å². The lowest BCUT2D eigenvalue weighted by molar-refractivity contribution is 0.297. The van der Waals surface area contributed by atoms with E-state index < -0.39 is 0 Å². The van der Waals surface area contributed by atoms with E-state index in [1.165, 1.54) is 10.9 Å². The zero-order chi connectivity index (χ0) is 13.2. The second-order valence-corrected chi connectivity index (χ2v) is 4.62. The van der Waals surface area contributed by atoms with E-state index in [0.717, 1.165) is 17.0 Å². The van der Waals surface area contributed by atoms with Crippen molar-refractivity contribution in [3.8, 4) is 0 Å². The highest BCUT2D eigenvalue weighted by Crippen LogP contribution is 2.21. The lowest BCUT2D eigenvalue weighted by atomic mass is 10.1. The minimum atomic E-state index is 0.0971. The summed E-state index contributed by atoms with van der Waals surface area (Å²) in [6.45, 7) is 1.98. The topological polar surface area (TPSA) is 62.0 Å². The minimum absolute atomic E-state index is 0.0971. The second-order valence-electron chi connectivity index (χ2n) is 4.62. The number of hydrogen-bond donors (Lipinski definition) is 2. The molecule has 1 aromatic carbocycles. The van der Waals surface area contributed by atoms with Crippen molar-refractivity contribution in [3.05, 3.63) is 53.4 Å². The number of aliphatic hydroxyl groups excluding tert-OH is 1. The molecule has 2 N–H and O–H groups in total. The molecule has 0 spiro atoms. The zero-order valence-electron chi connectivity index (χ0n) is 10.8. The molecular formula is C15H16N2O2. The zero-order valence-corrected chi connectivity index (χ0v) is 10.8. The van der Waals surface area contributed by atoms with Crippen LogP contribution in [0.4, 0.5) is 0 Å². The predicted octanol–water partition coefficient (Wildman–Crippen LogP) is 2.59. The van der Waals surface area contributed by atoms with Crippen LogP contribution in [0.3, 0.4) is 0 Å². The monoisotopic (exact) mass is 256 g/mol. The molecule has 0 aliphatic rings. The van der Waals surface area contributed by atoms with Crippen LogP contribution in [0.25, 0.3) is 10.9 Å². The van der Waals surface area contributed by atoms with Crippen LogP contribution in [0.5, 0.6) is 0 Å². The van der Waals surface area contributed by atoms with Crippen LogP contribution in [0.15, 0.2) is 34.9 Å². The van der Waals surface area contributed by atoms with E-state index in [9.17, 15) is 0 Å². The van der Waals surface area contributed by atoms with Crippen LogP contribution in [-0.2, 0) is 12.8 Å². The molecule has 2 aromatic heterocycles. The van der Waals surface area contributed by atoms with Crippen LogP contribution in [0.2, 0.25) is 0 Å². The molecule has 4 heteroatoms. The predicted molar refractivity (Wildman–Crippen MR) is 73.1 cm³/mol. The molecule has 0 fully saturated rings. The molecule has 3 aromatic rings. The van der Waals surface area contributed by atoms with E-state index in [1.807, 2.05) is 25.3 Å². The van der Waals surface area contributed by atoms with Crippen LogP contribution >= 0.6 is 0 Å². The van der Waals surface area contributed by atoms with Crippen molar-refractivity contribution >= 4 is 10.9 Å². The van der Waals surface area contributed by atoms with E-state index in [4.69, 9.17) is 9.52 Å². The number of aromatic amines is 1. The van der Waals surface area contributed by atoms with Gasteiger partial charge in [0.15, 0.2) is 5.89 Å². The summed E-state index contributed by atoms with van der Waals surface area (Å²) in [4.78, 5) is 7.69. The van der Waals surface area contributed by atoms with Gasteiger partial charge in [-0.2, -0.15) is 0 Å². The quantitative estimate of drug-likeness (QED) is 0.754. The third kappa shape index (κ3) is 2.27. The molecular weight excluding hydrogens is 240 g/mol. The van der Waals surface area contributed by atoms with Crippen LogP contribution in [0.1, 0.15) is 22.9 Å². The number of nitrogens with zero attached hydrogens (tertiary/aromatic N) is 1. The number of fused-ring (bicyclic) bond motifs is 1. The van der Waals surface area contributed by atoms with Crippen molar-refractivity contribution in [2.24, 2.45) is 0 Å². The Labute approximate surface area is 111 Å². The first-order valence-electron chi connectivity index (χ1n) is 6.39.